The molecule has 0 fully saturated rings. The summed E-state index contributed by atoms with van der Waals surface area (Å²) in [4.78, 5) is 11.7. The molecule has 23 heavy (non-hydrogen) atoms. The van der Waals surface area contributed by atoms with Gasteiger partial charge in [0.2, 0.25) is 23.9 Å². The molecule has 0 saturated carbocycles. The summed E-state index contributed by atoms with van der Waals surface area (Å²) in [7, 11) is 1.58. The zero-order chi connectivity index (χ0) is 17.8. The average molecular weight is 338 g/mol. The van der Waals surface area contributed by atoms with Crippen molar-refractivity contribution >= 4 is 23.9 Å². The van der Waals surface area contributed by atoms with Gasteiger partial charge < -0.3 is 9.96 Å². The molecule has 0 unspecified atom stereocenters. The molecule has 126 valence electrons. The lowest BCUT2D eigenvalue weighted by Gasteiger charge is -2.23. The van der Waals surface area contributed by atoms with E-state index in [1.165, 1.54) is 0 Å². The van der Waals surface area contributed by atoms with Crippen LogP contribution in [0.25, 0.3) is 0 Å². The number of hydrogen-bond acceptors (Lipinski definition) is 4. The average Bonchev–Trinajstić information content (AvgIpc) is 2.37. The van der Waals surface area contributed by atoms with Gasteiger partial charge in [-0.25, -0.2) is 13.1 Å². The van der Waals surface area contributed by atoms with E-state index in [9.17, 15) is 13.2 Å². The Morgan fingerprint density at radius 1 is 1.35 bits per heavy atom. The Balaban J connectivity index is 2.97. The van der Waals surface area contributed by atoms with Gasteiger partial charge in [0.05, 0.1) is 6.26 Å². The number of benzene rings is 1. The molecule has 2 radical (unpaired) electrons. The van der Waals surface area contributed by atoms with Gasteiger partial charge in [-0.3, -0.25) is 4.79 Å². The lowest BCUT2D eigenvalue weighted by atomic mass is 10.0. The number of carbonyl (C=O) groups is 1. The van der Waals surface area contributed by atoms with E-state index in [1.807, 2.05) is 45.1 Å². The van der Waals surface area contributed by atoms with Gasteiger partial charge >= 0.3 is 0 Å². The van der Waals surface area contributed by atoms with Crippen LogP contribution in [-0.4, -0.2) is 40.2 Å². The first-order chi connectivity index (χ1) is 10.4. The fourth-order valence-electron chi connectivity index (χ4n) is 2.07. The number of sulfonamides is 1. The Labute approximate surface area is 139 Å². The maximum atomic E-state index is 11.7. The maximum absolute atomic E-state index is 11.7. The first-order valence-electron chi connectivity index (χ1n) is 7.17. The monoisotopic (exact) mass is 338 g/mol. The van der Waals surface area contributed by atoms with Crippen LogP contribution >= 0.6 is 0 Å². The van der Waals surface area contributed by atoms with Crippen molar-refractivity contribution in [1.82, 2.24) is 9.95 Å². The number of aryl methyl sites for hydroxylation is 1. The molecule has 0 aromatic heterocycles. The molecule has 6 nitrogen and oxygen atoms in total. The van der Waals surface area contributed by atoms with Gasteiger partial charge in [-0.05, 0) is 51.3 Å². The molecule has 0 heterocycles. The molecule has 8 heteroatoms. The van der Waals surface area contributed by atoms with E-state index in [2.05, 4.69) is 4.72 Å². The topological polar surface area (TPSA) is 84.5 Å². The maximum Gasteiger partial charge on any atom is 0.226 e. The molecule has 0 aliphatic rings. The Morgan fingerprint density at radius 2 is 1.96 bits per heavy atom. The van der Waals surface area contributed by atoms with Crippen LogP contribution in [0.1, 0.15) is 31.9 Å². The van der Waals surface area contributed by atoms with Crippen molar-refractivity contribution in [3.63, 3.8) is 0 Å². The highest BCUT2D eigenvalue weighted by Crippen LogP contribution is 2.24. The summed E-state index contributed by atoms with van der Waals surface area (Å²) in [5.74, 6) is 0.153. The van der Waals surface area contributed by atoms with Crippen molar-refractivity contribution in [2.75, 3.05) is 6.26 Å². The first-order valence-corrected chi connectivity index (χ1v) is 9.07. The molecule has 0 saturated heterocycles. The van der Waals surface area contributed by atoms with Crippen molar-refractivity contribution < 1.29 is 17.9 Å². The van der Waals surface area contributed by atoms with Crippen LogP contribution in [0.2, 0.25) is 0 Å². The number of carbonyl (C=O) groups excluding carboxylic acids is 1. The van der Waals surface area contributed by atoms with Crippen molar-refractivity contribution in [2.45, 2.75) is 45.8 Å². The van der Waals surface area contributed by atoms with Crippen molar-refractivity contribution in [1.29, 1.82) is 0 Å². The highest BCUT2D eigenvalue weighted by atomic mass is 32.2. The zero-order valence-corrected chi connectivity index (χ0v) is 15.0. The second-order valence-corrected chi connectivity index (χ2v) is 8.25. The zero-order valence-electron chi connectivity index (χ0n) is 14.1. The predicted octanol–water partition coefficient (Wildman–Crippen LogP) is 0.832. The van der Waals surface area contributed by atoms with Gasteiger partial charge in [0, 0.05) is 0 Å². The smallest absolute Gasteiger partial charge is 0.226 e. The Bertz CT molecular complexity index is 669. The summed E-state index contributed by atoms with van der Waals surface area (Å²) in [5.41, 5.74) is 1.39. The fourth-order valence-corrected chi connectivity index (χ4v) is 2.77. The molecule has 1 aromatic rings. The SMILES string of the molecule is [B]NC(=O)[C@H](Cc1ccc(OC(C)(C)C)c(C)c1)NS(C)(=O)=O. The van der Waals surface area contributed by atoms with Gasteiger partial charge in [0.15, 0.2) is 0 Å². The van der Waals surface area contributed by atoms with Crippen molar-refractivity contribution in [3.05, 3.63) is 29.3 Å². The van der Waals surface area contributed by atoms with E-state index in [4.69, 9.17) is 12.7 Å². The number of hydrogen-bond donors (Lipinski definition) is 2. The summed E-state index contributed by atoms with van der Waals surface area (Å²) in [6.07, 6.45) is 1.18. The Kier molecular flexibility index (Phi) is 6.24. The number of ether oxygens (including phenoxy) is 1. The summed E-state index contributed by atoms with van der Waals surface area (Å²) < 4.78 is 30.9. The largest absolute Gasteiger partial charge is 0.488 e. The highest BCUT2D eigenvalue weighted by Gasteiger charge is 2.22. The first kappa shape index (κ1) is 19.5. The van der Waals surface area contributed by atoms with E-state index < -0.39 is 22.0 Å². The lowest BCUT2D eigenvalue weighted by Crippen LogP contribution is -2.47. The van der Waals surface area contributed by atoms with Gasteiger partial charge in [-0.2, -0.15) is 0 Å². The minimum atomic E-state index is -3.53. The van der Waals surface area contributed by atoms with Crippen LogP contribution in [0.4, 0.5) is 0 Å². The van der Waals surface area contributed by atoms with E-state index in [0.29, 0.717) is 0 Å². The van der Waals surface area contributed by atoms with Gasteiger partial charge in [-0.15, -0.1) is 0 Å². The van der Waals surface area contributed by atoms with Crippen molar-refractivity contribution in [2.24, 2.45) is 0 Å². The number of amides is 1. The molecular weight excluding hydrogens is 315 g/mol. The summed E-state index contributed by atoms with van der Waals surface area (Å²) in [6.45, 7) is 7.76. The minimum Gasteiger partial charge on any atom is -0.488 e. The van der Waals surface area contributed by atoms with Crippen LogP contribution in [-0.2, 0) is 21.2 Å². The van der Waals surface area contributed by atoms with E-state index in [-0.39, 0.29) is 12.0 Å². The molecule has 1 amide bonds. The number of nitrogens with one attached hydrogen (secondary N) is 2. The molecule has 0 aliphatic carbocycles. The molecule has 1 rings (SSSR count). The second-order valence-electron chi connectivity index (χ2n) is 6.47. The van der Waals surface area contributed by atoms with E-state index in [0.717, 1.165) is 23.1 Å². The third-order valence-corrected chi connectivity index (χ3v) is 3.62. The van der Waals surface area contributed by atoms with Crippen LogP contribution in [0.15, 0.2) is 18.2 Å². The fraction of sp³-hybridized carbons (Fsp3) is 0.533. The van der Waals surface area contributed by atoms with Crippen LogP contribution in [0.5, 0.6) is 5.75 Å². The van der Waals surface area contributed by atoms with E-state index in [1.54, 1.807) is 6.07 Å². The third-order valence-electron chi connectivity index (χ3n) is 2.91. The van der Waals surface area contributed by atoms with Crippen molar-refractivity contribution in [3.8, 4) is 5.75 Å². The molecule has 0 spiro atoms. The third kappa shape index (κ3) is 7.05. The summed E-state index contributed by atoms with van der Waals surface area (Å²) >= 11 is 0. The minimum absolute atomic E-state index is 0.187. The molecule has 0 aliphatic heterocycles. The molecule has 1 atom stereocenters. The van der Waals surface area contributed by atoms with Gasteiger partial charge in [0.25, 0.3) is 0 Å². The lowest BCUT2D eigenvalue weighted by molar-refractivity contribution is -0.121. The van der Waals surface area contributed by atoms with Crippen LogP contribution in [0.3, 0.4) is 0 Å². The second kappa shape index (κ2) is 7.36. The van der Waals surface area contributed by atoms with Gasteiger partial charge in [0.1, 0.15) is 17.4 Å². The molecule has 0 bridgehead atoms. The summed E-state index contributed by atoms with van der Waals surface area (Å²) in [5, 5.41) is 1.97. The quantitative estimate of drug-likeness (QED) is 0.753. The molecular formula is C15H23BN2O4S. The predicted molar refractivity (Wildman–Crippen MR) is 90.9 cm³/mol. The summed E-state index contributed by atoms with van der Waals surface area (Å²) in [6, 6.07) is 4.51. The van der Waals surface area contributed by atoms with Crippen LogP contribution < -0.4 is 14.7 Å². The molecule has 2 N–H and O–H groups in total. The normalized spacial score (nSPS) is 13.4. The standard InChI is InChI=1S/C15H23BN2O4S/c1-10-8-11(6-7-13(10)22-15(2,3)4)9-12(14(19)17-16)18-23(5,20)21/h6-8,12,18H,9H2,1-5H3,(H,17,19)/t12-/m0/s1. The Hall–Kier alpha value is -1.54. The van der Waals surface area contributed by atoms with E-state index >= 15 is 0 Å². The van der Waals surface area contributed by atoms with Gasteiger partial charge in [-0.1, -0.05) is 12.1 Å². The van der Waals surface area contributed by atoms with Crippen LogP contribution in [0, 0.1) is 6.92 Å². The number of rotatable bonds is 6. The highest BCUT2D eigenvalue weighted by molar-refractivity contribution is 7.88. The Morgan fingerprint density at radius 3 is 2.39 bits per heavy atom. The molecule has 1 aromatic carbocycles.